The Morgan fingerprint density at radius 2 is 2.26 bits per heavy atom. The standard InChI is InChI=1S/C15H23FN2O/c1-18(11-12-5-4-10-19-12)9-8-15(17)13-6-2-3-7-14(13)16/h2-3,6-7,12,15H,4-5,8-11,17H2,1H3. The second kappa shape index (κ2) is 6.98. The molecule has 1 aliphatic rings. The number of nitrogens with two attached hydrogens (primary N) is 1. The van der Waals surface area contributed by atoms with Gasteiger partial charge in [-0.3, -0.25) is 0 Å². The summed E-state index contributed by atoms with van der Waals surface area (Å²) in [5, 5.41) is 0. The summed E-state index contributed by atoms with van der Waals surface area (Å²) >= 11 is 0. The van der Waals surface area contributed by atoms with Crippen molar-refractivity contribution in [2.45, 2.75) is 31.4 Å². The van der Waals surface area contributed by atoms with E-state index in [1.165, 1.54) is 6.07 Å². The molecule has 0 bridgehead atoms. The molecule has 1 aromatic carbocycles. The largest absolute Gasteiger partial charge is 0.377 e. The van der Waals surface area contributed by atoms with Crippen molar-refractivity contribution in [1.82, 2.24) is 4.90 Å². The van der Waals surface area contributed by atoms with E-state index in [1.807, 2.05) is 6.07 Å². The summed E-state index contributed by atoms with van der Waals surface area (Å²) < 4.78 is 19.2. The van der Waals surface area contributed by atoms with Gasteiger partial charge in [0.1, 0.15) is 5.82 Å². The first-order valence-corrected chi connectivity index (χ1v) is 6.97. The zero-order valence-electron chi connectivity index (χ0n) is 11.5. The number of nitrogens with zero attached hydrogens (tertiary/aromatic N) is 1. The molecule has 106 valence electrons. The molecule has 0 radical (unpaired) electrons. The molecule has 2 rings (SSSR count). The van der Waals surface area contributed by atoms with Gasteiger partial charge in [-0.1, -0.05) is 18.2 Å². The van der Waals surface area contributed by atoms with Crippen LogP contribution in [-0.2, 0) is 4.74 Å². The summed E-state index contributed by atoms with van der Waals surface area (Å²) in [5.41, 5.74) is 6.66. The van der Waals surface area contributed by atoms with Gasteiger partial charge in [0.2, 0.25) is 0 Å². The summed E-state index contributed by atoms with van der Waals surface area (Å²) in [6, 6.07) is 6.50. The fourth-order valence-electron chi connectivity index (χ4n) is 2.52. The maximum Gasteiger partial charge on any atom is 0.127 e. The van der Waals surface area contributed by atoms with Crippen LogP contribution in [0.3, 0.4) is 0 Å². The molecule has 1 aliphatic heterocycles. The van der Waals surface area contributed by atoms with Crippen LogP contribution < -0.4 is 5.73 Å². The molecule has 3 nitrogen and oxygen atoms in total. The quantitative estimate of drug-likeness (QED) is 0.859. The Bertz CT molecular complexity index is 393. The van der Waals surface area contributed by atoms with E-state index in [4.69, 9.17) is 10.5 Å². The second-order valence-corrected chi connectivity index (χ2v) is 5.31. The van der Waals surface area contributed by atoms with Gasteiger partial charge in [-0.05, 0) is 38.9 Å². The third kappa shape index (κ3) is 4.27. The van der Waals surface area contributed by atoms with Crippen molar-refractivity contribution in [3.05, 3.63) is 35.6 Å². The molecular formula is C15H23FN2O. The van der Waals surface area contributed by atoms with E-state index in [-0.39, 0.29) is 11.9 Å². The molecule has 0 amide bonds. The van der Waals surface area contributed by atoms with Gasteiger partial charge in [0, 0.05) is 24.8 Å². The number of rotatable bonds is 6. The number of hydrogen-bond acceptors (Lipinski definition) is 3. The van der Waals surface area contributed by atoms with Gasteiger partial charge >= 0.3 is 0 Å². The predicted octanol–water partition coefficient (Wildman–Crippen LogP) is 2.33. The predicted molar refractivity (Wildman–Crippen MR) is 74.4 cm³/mol. The average molecular weight is 266 g/mol. The number of hydrogen-bond donors (Lipinski definition) is 1. The van der Waals surface area contributed by atoms with Crippen molar-refractivity contribution >= 4 is 0 Å². The van der Waals surface area contributed by atoms with E-state index < -0.39 is 0 Å². The highest BCUT2D eigenvalue weighted by molar-refractivity contribution is 5.20. The molecule has 2 atom stereocenters. The Balaban J connectivity index is 1.76. The van der Waals surface area contributed by atoms with Gasteiger partial charge in [-0.15, -0.1) is 0 Å². The maximum absolute atomic E-state index is 13.6. The lowest BCUT2D eigenvalue weighted by Gasteiger charge is -2.22. The minimum Gasteiger partial charge on any atom is -0.377 e. The van der Waals surface area contributed by atoms with Crippen LogP contribution in [-0.4, -0.2) is 37.7 Å². The fourth-order valence-corrected chi connectivity index (χ4v) is 2.52. The Morgan fingerprint density at radius 3 is 2.95 bits per heavy atom. The monoisotopic (exact) mass is 266 g/mol. The summed E-state index contributed by atoms with van der Waals surface area (Å²) in [6.45, 7) is 2.67. The van der Waals surface area contributed by atoms with Crippen molar-refractivity contribution in [2.75, 3.05) is 26.7 Å². The minimum absolute atomic E-state index is 0.211. The third-order valence-electron chi connectivity index (χ3n) is 3.67. The highest BCUT2D eigenvalue weighted by atomic mass is 19.1. The lowest BCUT2D eigenvalue weighted by atomic mass is 10.0. The molecule has 1 fully saturated rings. The van der Waals surface area contributed by atoms with Crippen molar-refractivity contribution < 1.29 is 9.13 Å². The van der Waals surface area contributed by atoms with E-state index in [0.717, 1.165) is 39.0 Å². The average Bonchev–Trinajstić information content (AvgIpc) is 2.89. The number of likely N-dealkylation sites (N-methyl/N-ethyl adjacent to an activating group) is 1. The van der Waals surface area contributed by atoms with Crippen LogP contribution in [0.4, 0.5) is 4.39 Å². The molecular weight excluding hydrogens is 243 g/mol. The third-order valence-corrected chi connectivity index (χ3v) is 3.67. The van der Waals surface area contributed by atoms with Crippen molar-refractivity contribution in [2.24, 2.45) is 5.73 Å². The summed E-state index contributed by atoms with van der Waals surface area (Å²) in [5.74, 6) is -0.211. The van der Waals surface area contributed by atoms with Crippen LogP contribution in [0.5, 0.6) is 0 Å². The molecule has 2 N–H and O–H groups in total. The van der Waals surface area contributed by atoms with Crippen molar-refractivity contribution in [1.29, 1.82) is 0 Å². The minimum atomic E-state index is -0.242. The first kappa shape index (κ1) is 14.4. The molecule has 1 saturated heterocycles. The second-order valence-electron chi connectivity index (χ2n) is 5.31. The van der Waals surface area contributed by atoms with Gasteiger partial charge in [-0.2, -0.15) is 0 Å². The van der Waals surface area contributed by atoms with E-state index in [0.29, 0.717) is 11.7 Å². The molecule has 1 heterocycles. The topological polar surface area (TPSA) is 38.5 Å². The molecule has 19 heavy (non-hydrogen) atoms. The Morgan fingerprint density at radius 1 is 1.47 bits per heavy atom. The molecule has 0 aliphatic carbocycles. The van der Waals surface area contributed by atoms with E-state index in [1.54, 1.807) is 12.1 Å². The van der Waals surface area contributed by atoms with Gasteiger partial charge in [0.25, 0.3) is 0 Å². The van der Waals surface area contributed by atoms with Crippen LogP contribution in [0.2, 0.25) is 0 Å². The Labute approximate surface area is 114 Å². The van der Waals surface area contributed by atoms with E-state index in [2.05, 4.69) is 11.9 Å². The first-order valence-electron chi connectivity index (χ1n) is 6.97. The summed E-state index contributed by atoms with van der Waals surface area (Å²) in [7, 11) is 2.07. The van der Waals surface area contributed by atoms with Crippen molar-refractivity contribution in [3.63, 3.8) is 0 Å². The highest BCUT2D eigenvalue weighted by Crippen LogP contribution is 2.18. The normalized spacial score (nSPS) is 20.9. The molecule has 0 aromatic heterocycles. The van der Waals surface area contributed by atoms with E-state index in [9.17, 15) is 4.39 Å². The highest BCUT2D eigenvalue weighted by Gasteiger charge is 2.18. The summed E-state index contributed by atoms with van der Waals surface area (Å²) in [6.07, 6.45) is 3.41. The van der Waals surface area contributed by atoms with Gasteiger partial charge in [0.05, 0.1) is 6.10 Å². The fraction of sp³-hybridized carbons (Fsp3) is 0.600. The van der Waals surface area contributed by atoms with Gasteiger partial charge in [0.15, 0.2) is 0 Å². The van der Waals surface area contributed by atoms with Crippen LogP contribution in [0.1, 0.15) is 30.9 Å². The molecule has 2 unspecified atom stereocenters. The number of benzene rings is 1. The SMILES string of the molecule is CN(CCC(N)c1ccccc1F)CC1CCCO1. The van der Waals surface area contributed by atoms with Crippen LogP contribution in [0.15, 0.2) is 24.3 Å². The summed E-state index contributed by atoms with van der Waals surface area (Å²) in [4.78, 5) is 2.22. The molecule has 4 heteroatoms. The van der Waals surface area contributed by atoms with Gasteiger partial charge in [-0.25, -0.2) is 4.39 Å². The van der Waals surface area contributed by atoms with Crippen LogP contribution >= 0.6 is 0 Å². The zero-order chi connectivity index (χ0) is 13.7. The molecule has 0 spiro atoms. The molecule has 1 aromatic rings. The Hall–Kier alpha value is -0.970. The lowest BCUT2D eigenvalue weighted by molar-refractivity contribution is 0.0804. The zero-order valence-corrected chi connectivity index (χ0v) is 11.5. The van der Waals surface area contributed by atoms with Crippen LogP contribution in [0.25, 0.3) is 0 Å². The number of halogens is 1. The smallest absolute Gasteiger partial charge is 0.127 e. The van der Waals surface area contributed by atoms with Gasteiger partial charge < -0.3 is 15.4 Å². The number of ether oxygens (including phenoxy) is 1. The Kier molecular flexibility index (Phi) is 5.31. The first-order chi connectivity index (χ1) is 9.16. The molecule has 0 saturated carbocycles. The van der Waals surface area contributed by atoms with E-state index >= 15 is 0 Å². The lowest BCUT2D eigenvalue weighted by Crippen LogP contribution is -2.31. The van der Waals surface area contributed by atoms with Crippen LogP contribution in [0, 0.1) is 5.82 Å². The maximum atomic E-state index is 13.6. The van der Waals surface area contributed by atoms with Crippen molar-refractivity contribution in [3.8, 4) is 0 Å².